The highest BCUT2D eigenvalue weighted by molar-refractivity contribution is 7.92. The predicted molar refractivity (Wildman–Crippen MR) is 135 cm³/mol. The summed E-state index contributed by atoms with van der Waals surface area (Å²) in [5.74, 6) is 1.08. The summed E-state index contributed by atoms with van der Waals surface area (Å²) in [6.07, 6.45) is 0.0254. The van der Waals surface area contributed by atoms with Crippen LogP contribution in [0.2, 0.25) is 0 Å². The van der Waals surface area contributed by atoms with Gasteiger partial charge < -0.3 is 19.5 Å². The smallest absolute Gasteiger partial charge is 0.264 e. The molecule has 0 fully saturated rings. The predicted octanol–water partition coefficient (Wildman–Crippen LogP) is 4.00. The van der Waals surface area contributed by atoms with Gasteiger partial charge in [0.2, 0.25) is 5.91 Å². The molecule has 3 aromatic carbocycles. The second kappa shape index (κ2) is 11.6. The van der Waals surface area contributed by atoms with Gasteiger partial charge in [0, 0.05) is 6.54 Å². The number of rotatable bonds is 11. The van der Waals surface area contributed by atoms with Crippen LogP contribution in [0.4, 0.5) is 5.69 Å². The SMILES string of the molecule is COc1ccc(S(=O)(=O)N(CC(=O)NCc2cccc(OC(C)C)c2)c2ccccc2OC)cc1. The van der Waals surface area contributed by atoms with Crippen LogP contribution in [0.5, 0.6) is 17.2 Å². The zero-order chi connectivity index (χ0) is 25.4. The van der Waals surface area contributed by atoms with Gasteiger partial charge in [-0.3, -0.25) is 9.10 Å². The van der Waals surface area contributed by atoms with Crippen molar-refractivity contribution in [2.75, 3.05) is 25.1 Å². The quantitative estimate of drug-likeness (QED) is 0.429. The molecule has 0 spiro atoms. The van der Waals surface area contributed by atoms with Crippen molar-refractivity contribution in [2.45, 2.75) is 31.4 Å². The Kier molecular flexibility index (Phi) is 8.59. The normalized spacial score (nSPS) is 11.1. The lowest BCUT2D eigenvalue weighted by Crippen LogP contribution is -2.40. The zero-order valence-corrected chi connectivity index (χ0v) is 21.0. The van der Waals surface area contributed by atoms with Crippen molar-refractivity contribution in [3.05, 3.63) is 78.4 Å². The maximum atomic E-state index is 13.6. The Bertz CT molecular complexity index is 1240. The highest BCUT2D eigenvalue weighted by Gasteiger charge is 2.29. The summed E-state index contributed by atoms with van der Waals surface area (Å²) in [6, 6.07) is 20.0. The Morgan fingerprint density at radius 3 is 2.29 bits per heavy atom. The van der Waals surface area contributed by atoms with E-state index in [0.29, 0.717) is 17.2 Å². The minimum atomic E-state index is -4.09. The van der Waals surface area contributed by atoms with Gasteiger partial charge in [0.15, 0.2) is 0 Å². The number of carbonyl (C=O) groups is 1. The first kappa shape index (κ1) is 25.9. The van der Waals surface area contributed by atoms with Gasteiger partial charge in [-0.25, -0.2) is 8.42 Å². The average Bonchev–Trinajstić information content (AvgIpc) is 2.85. The molecule has 1 amide bonds. The number of ether oxygens (including phenoxy) is 3. The molecule has 0 aromatic heterocycles. The van der Waals surface area contributed by atoms with Crippen LogP contribution in [0, 0.1) is 0 Å². The average molecular weight is 499 g/mol. The largest absolute Gasteiger partial charge is 0.497 e. The molecular formula is C26H30N2O6S. The van der Waals surface area contributed by atoms with Gasteiger partial charge in [0.1, 0.15) is 23.8 Å². The van der Waals surface area contributed by atoms with E-state index in [-0.39, 0.29) is 23.2 Å². The third-order valence-corrected chi connectivity index (χ3v) is 6.82. The Labute approximate surface area is 206 Å². The van der Waals surface area contributed by atoms with Crippen LogP contribution in [-0.2, 0) is 21.4 Å². The first-order chi connectivity index (χ1) is 16.7. The number of nitrogens with one attached hydrogen (secondary N) is 1. The lowest BCUT2D eigenvalue weighted by atomic mass is 10.2. The number of hydrogen-bond acceptors (Lipinski definition) is 6. The van der Waals surface area contributed by atoms with Gasteiger partial charge in [-0.2, -0.15) is 0 Å². The second-order valence-corrected chi connectivity index (χ2v) is 9.81. The van der Waals surface area contributed by atoms with Crippen LogP contribution in [0.25, 0.3) is 0 Å². The summed E-state index contributed by atoms with van der Waals surface area (Å²) < 4.78 is 44.4. The van der Waals surface area contributed by atoms with E-state index in [1.165, 1.54) is 26.4 Å². The third kappa shape index (κ3) is 6.66. The number of anilines is 1. The number of benzene rings is 3. The molecule has 0 heterocycles. The van der Waals surface area contributed by atoms with E-state index in [0.717, 1.165) is 9.87 Å². The lowest BCUT2D eigenvalue weighted by Gasteiger charge is -2.25. The van der Waals surface area contributed by atoms with Crippen LogP contribution in [0.1, 0.15) is 19.4 Å². The van der Waals surface area contributed by atoms with E-state index in [9.17, 15) is 13.2 Å². The van der Waals surface area contributed by atoms with Crippen molar-refractivity contribution < 1.29 is 27.4 Å². The van der Waals surface area contributed by atoms with Gasteiger partial charge in [-0.15, -0.1) is 0 Å². The number of amides is 1. The summed E-state index contributed by atoms with van der Waals surface area (Å²) in [5, 5.41) is 2.80. The van der Waals surface area contributed by atoms with Crippen LogP contribution >= 0.6 is 0 Å². The summed E-state index contributed by atoms with van der Waals surface area (Å²) in [5.41, 5.74) is 1.09. The van der Waals surface area contributed by atoms with Gasteiger partial charge >= 0.3 is 0 Å². The summed E-state index contributed by atoms with van der Waals surface area (Å²) in [7, 11) is -1.15. The van der Waals surface area contributed by atoms with E-state index in [2.05, 4.69) is 5.32 Å². The van der Waals surface area contributed by atoms with Crippen LogP contribution < -0.4 is 23.8 Å². The molecule has 3 aromatic rings. The fourth-order valence-electron chi connectivity index (χ4n) is 3.40. The molecule has 1 N–H and O–H groups in total. The van der Waals surface area contributed by atoms with E-state index >= 15 is 0 Å². The van der Waals surface area contributed by atoms with E-state index in [1.807, 2.05) is 38.1 Å². The number of carbonyl (C=O) groups excluding carboxylic acids is 1. The van der Waals surface area contributed by atoms with Crippen molar-refractivity contribution >= 4 is 21.6 Å². The topological polar surface area (TPSA) is 94.2 Å². The molecule has 0 bridgehead atoms. The molecule has 0 atom stereocenters. The highest BCUT2D eigenvalue weighted by atomic mass is 32.2. The van der Waals surface area contributed by atoms with Gasteiger partial charge in [-0.1, -0.05) is 24.3 Å². The number of sulfonamides is 1. The van der Waals surface area contributed by atoms with Gasteiger partial charge in [0.25, 0.3) is 10.0 Å². The maximum Gasteiger partial charge on any atom is 0.264 e. The summed E-state index contributed by atoms with van der Waals surface area (Å²) >= 11 is 0. The van der Waals surface area contributed by atoms with Crippen LogP contribution in [0.15, 0.2) is 77.7 Å². The second-order valence-electron chi connectivity index (χ2n) is 7.95. The van der Waals surface area contributed by atoms with Gasteiger partial charge in [0.05, 0.1) is 30.9 Å². The Morgan fingerprint density at radius 2 is 1.63 bits per heavy atom. The molecular weight excluding hydrogens is 468 g/mol. The molecule has 8 nitrogen and oxygen atoms in total. The Morgan fingerprint density at radius 1 is 0.914 bits per heavy atom. The molecule has 0 aliphatic carbocycles. The maximum absolute atomic E-state index is 13.6. The minimum absolute atomic E-state index is 0.0236. The molecule has 0 aliphatic rings. The van der Waals surface area contributed by atoms with Crippen molar-refractivity contribution in [1.29, 1.82) is 0 Å². The number of para-hydroxylation sites is 2. The monoisotopic (exact) mass is 498 g/mol. The Balaban J connectivity index is 1.85. The van der Waals surface area contributed by atoms with Crippen LogP contribution in [0.3, 0.4) is 0 Å². The fraction of sp³-hybridized carbons (Fsp3) is 0.269. The third-order valence-electron chi connectivity index (χ3n) is 5.05. The molecule has 9 heteroatoms. The van der Waals surface area contributed by atoms with Crippen molar-refractivity contribution in [1.82, 2.24) is 5.32 Å². The number of methoxy groups -OCH3 is 2. The first-order valence-corrected chi connectivity index (χ1v) is 12.5. The number of nitrogens with zero attached hydrogens (tertiary/aromatic N) is 1. The molecule has 0 saturated carbocycles. The van der Waals surface area contributed by atoms with Crippen molar-refractivity contribution in [3.8, 4) is 17.2 Å². The molecule has 0 radical (unpaired) electrons. The molecule has 35 heavy (non-hydrogen) atoms. The van der Waals surface area contributed by atoms with Crippen molar-refractivity contribution in [2.24, 2.45) is 0 Å². The van der Waals surface area contributed by atoms with Crippen molar-refractivity contribution in [3.63, 3.8) is 0 Å². The molecule has 0 unspecified atom stereocenters. The summed E-state index contributed by atoms with van der Waals surface area (Å²) in [4.78, 5) is 13.0. The standard InChI is InChI=1S/C26H30N2O6S/c1-19(2)34-22-9-7-8-20(16-22)17-27-26(29)18-28(24-10-5-6-11-25(24)33-4)35(30,31)23-14-12-21(32-3)13-15-23/h5-16,19H,17-18H2,1-4H3,(H,27,29). The Hall–Kier alpha value is -3.72. The fourth-order valence-corrected chi connectivity index (χ4v) is 4.83. The molecule has 0 saturated heterocycles. The zero-order valence-electron chi connectivity index (χ0n) is 20.2. The molecule has 3 rings (SSSR count). The minimum Gasteiger partial charge on any atom is -0.497 e. The van der Waals surface area contributed by atoms with E-state index in [1.54, 1.807) is 36.4 Å². The lowest BCUT2D eigenvalue weighted by molar-refractivity contribution is -0.119. The van der Waals surface area contributed by atoms with E-state index in [4.69, 9.17) is 14.2 Å². The summed E-state index contributed by atoms with van der Waals surface area (Å²) in [6.45, 7) is 3.65. The van der Waals surface area contributed by atoms with Crippen LogP contribution in [-0.4, -0.2) is 41.2 Å². The molecule has 0 aliphatic heterocycles. The number of hydrogen-bond donors (Lipinski definition) is 1. The van der Waals surface area contributed by atoms with Gasteiger partial charge in [-0.05, 0) is 67.9 Å². The van der Waals surface area contributed by atoms with E-state index < -0.39 is 22.5 Å². The first-order valence-electron chi connectivity index (χ1n) is 11.1. The highest BCUT2D eigenvalue weighted by Crippen LogP contribution is 2.32. The molecule has 186 valence electrons.